The average Bonchev–Trinajstić information content (AvgIpc) is 2.85. The highest BCUT2D eigenvalue weighted by Gasteiger charge is 2.25. The van der Waals surface area contributed by atoms with Gasteiger partial charge >= 0.3 is 0 Å². The molecule has 110 valence electrons. The maximum atomic E-state index is 12.0. The maximum Gasteiger partial charge on any atom is 0.287 e. The number of carbonyl (C=O) groups is 2. The number of piperidine rings is 1. The van der Waals surface area contributed by atoms with Crippen molar-refractivity contribution in [3.05, 3.63) is 23.7 Å². The van der Waals surface area contributed by atoms with Gasteiger partial charge < -0.3 is 14.6 Å². The van der Waals surface area contributed by atoms with E-state index in [1.807, 2.05) is 25.7 Å². The number of nitrogens with one attached hydrogen (secondary N) is 1. The number of aryl methyl sites for hydroxylation is 1. The molecule has 1 aliphatic heterocycles. The maximum absolute atomic E-state index is 12.0. The molecule has 0 spiro atoms. The Morgan fingerprint density at radius 1 is 1.30 bits per heavy atom. The summed E-state index contributed by atoms with van der Waals surface area (Å²) in [7, 11) is 0. The van der Waals surface area contributed by atoms with Crippen molar-refractivity contribution in [2.24, 2.45) is 5.92 Å². The van der Waals surface area contributed by atoms with E-state index < -0.39 is 0 Å². The molecule has 0 unspecified atom stereocenters. The van der Waals surface area contributed by atoms with Crippen molar-refractivity contribution in [3.63, 3.8) is 0 Å². The van der Waals surface area contributed by atoms with Crippen molar-refractivity contribution in [2.45, 2.75) is 39.7 Å². The van der Waals surface area contributed by atoms with Crippen LogP contribution in [0.15, 0.2) is 16.5 Å². The lowest BCUT2D eigenvalue weighted by atomic mass is 10.0. The molecule has 0 radical (unpaired) electrons. The number of hydrogen-bond acceptors (Lipinski definition) is 3. The Morgan fingerprint density at radius 3 is 2.45 bits per heavy atom. The van der Waals surface area contributed by atoms with Gasteiger partial charge in [-0.2, -0.15) is 0 Å². The van der Waals surface area contributed by atoms with E-state index in [4.69, 9.17) is 4.42 Å². The molecule has 0 atom stereocenters. The summed E-state index contributed by atoms with van der Waals surface area (Å²) < 4.78 is 5.30. The monoisotopic (exact) mass is 278 g/mol. The Labute approximate surface area is 119 Å². The van der Waals surface area contributed by atoms with Gasteiger partial charge in [0, 0.05) is 25.0 Å². The average molecular weight is 278 g/mol. The lowest BCUT2D eigenvalue weighted by Crippen LogP contribution is -2.47. The second-order valence-electron chi connectivity index (χ2n) is 5.64. The van der Waals surface area contributed by atoms with Crippen molar-refractivity contribution in [1.82, 2.24) is 10.2 Å². The first-order valence-electron chi connectivity index (χ1n) is 7.13. The summed E-state index contributed by atoms with van der Waals surface area (Å²) >= 11 is 0. The highest BCUT2D eigenvalue weighted by molar-refractivity contribution is 5.91. The van der Waals surface area contributed by atoms with Crippen LogP contribution in [-0.2, 0) is 4.79 Å². The second-order valence-corrected chi connectivity index (χ2v) is 5.64. The van der Waals surface area contributed by atoms with E-state index in [2.05, 4.69) is 5.32 Å². The normalized spacial score (nSPS) is 16.5. The molecule has 5 nitrogen and oxygen atoms in total. The standard InChI is InChI=1S/C15H22N2O3/c1-10(2)15(19)17-8-6-12(7-9-17)16-14(18)13-5-4-11(3)20-13/h4-5,10,12H,6-9H2,1-3H3,(H,16,18). The molecule has 1 aliphatic rings. The minimum atomic E-state index is -0.174. The van der Waals surface area contributed by atoms with Gasteiger partial charge in [-0.15, -0.1) is 0 Å². The van der Waals surface area contributed by atoms with Gasteiger partial charge in [-0.3, -0.25) is 9.59 Å². The van der Waals surface area contributed by atoms with Gasteiger partial charge in [0.05, 0.1) is 0 Å². The molecule has 2 heterocycles. The van der Waals surface area contributed by atoms with E-state index in [1.54, 1.807) is 12.1 Å². The third kappa shape index (κ3) is 3.40. The molecule has 1 fully saturated rings. The first kappa shape index (κ1) is 14.6. The second kappa shape index (κ2) is 6.11. The Balaban J connectivity index is 1.83. The summed E-state index contributed by atoms with van der Waals surface area (Å²) in [6.07, 6.45) is 1.59. The molecule has 1 aromatic rings. The largest absolute Gasteiger partial charge is 0.456 e. The predicted octanol–water partition coefficient (Wildman–Crippen LogP) is 1.96. The quantitative estimate of drug-likeness (QED) is 0.919. The summed E-state index contributed by atoms with van der Waals surface area (Å²) in [6.45, 7) is 7.05. The molecular weight excluding hydrogens is 256 g/mol. The number of rotatable bonds is 3. The third-order valence-corrected chi connectivity index (χ3v) is 3.60. The van der Waals surface area contributed by atoms with E-state index in [-0.39, 0.29) is 23.8 Å². The zero-order chi connectivity index (χ0) is 14.7. The highest BCUT2D eigenvalue weighted by Crippen LogP contribution is 2.14. The number of amides is 2. The Morgan fingerprint density at radius 2 is 1.95 bits per heavy atom. The minimum Gasteiger partial charge on any atom is -0.456 e. The summed E-state index contributed by atoms with van der Waals surface area (Å²) in [4.78, 5) is 25.7. The van der Waals surface area contributed by atoms with Gasteiger partial charge in [0.25, 0.3) is 5.91 Å². The van der Waals surface area contributed by atoms with Gasteiger partial charge in [-0.25, -0.2) is 0 Å². The van der Waals surface area contributed by atoms with Crippen LogP contribution in [0.25, 0.3) is 0 Å². The topological polar surface area (TPSA) is 62.6 Å². The first-order valence-corrected chi connectivity index (χ1v) is 7.13. The van der Waals surface area contributed by atoms with Crippen LogP contribution in [0.5, 0.6) is 0 Å². The predicted molar refractivity (Wildman–Crippen MR) is 75.4 cm³/mol. The van der Waals surface area contributed by atoms with Gasteiger partial charge in [-0.05, 0) is 31.9 Å². The van der Waals surface area contributed by atoms with Crippen LogP contribution in [0.4, 0.5) is 0 Å². The zero-order valence-corrected chi connectivity index (χ0v) is 12.3. The SMILES string of the molecule is Cc1ccc(C(=O)NC2CCN(C(=O)C(C)C)CC2)o1. The molecule has 1 aromatic heterocycles. The van der Waals surface area contributed by atoms with E-state index in [0.29, 0.717) is 18.8 Å². The van der Waals surface area contributed by atoms with E-state index in [1.165, 1.54) is 0 Å². The number of likely N-dealkylation sites (tertiary alicyclic amines) is 1. The van der Waals surface area contributed by atoms with Crippen LogP contribution in [-0.4, -0.2) is 35.8 Å². The fraction of sp³-hybridized carbons (Fsp3) is 0.600. The van der Waals surface area contributed by atoms with Gasteiger partial charge in [0.1, 0.15) is 5.76 Å². The molecule has 0 saturated carbocycles. The molecule has 2 rings (SSSR count). The van der Waals surface area contributed by atoms with E-state index >= 15 is 0 Å². The summed E-state index contributed by atoms with van der Waals surface area (Å²) in [5, 5.41) is 2.97. The van der Waals surface area contributed by atoms with Gasteiger partial charge in [0.15, 0.2) is 5.76 Å². The Hall–Kier alpha value is -1.78. The van der Waals surface area contributed by atoms with E-state index in [0.717, 1.165) is 18.6 Å². The molecule has 20 heavy (non-hydrogen) atoms. The number of nitrogens with zero attached hydrogens (tertiary/aromatic N) is 1. The number of furan rings is 1. The number of carbonyl (C=O) groups excluding carboxylic acids is 2. The first-order chi connectivity index (χ1) is 9.47. The third-order valence-electron chi connectivity index (χ3n) is 3.60. The minimum absolute atomic E-state index is 0.0345. The summed E-state index contributed by atoms with van der Waals surface area (Å²) in [5.74, 6) is 1.13. The molecule has 1 N–H and O–H groups in total. The van der Waals surface area contributed by atoms with Crippen LogP contribution < -0.4 is 5.32 Å². The van der Waals surface area contributed by atoms with E-state index in [9.17, 15) is 9.59 Å². The fourth-order valence-corrected chi connectivity index (χ4v) is 2.42. The molecule has 0 bridgehead atoms. The Kier molecular flexibility index (Phi) is 4.47. The lowest BCUT2D eigenvalue weighted by Gasteiger charge is -2.33. The van der Waals surface area contributed by atoms with Crippen LogP contribution in [0.2, 0.25) is 0 Å². The molecular formula is C15H22N2O3. The molecule has 1 saturated heterocycles. The van der Waals surface area contributed by atoms with Crippen molar-refractivity contribution >= 4 is 11.8 Å². The van der Waals surface area contributed by atoms with Crippen LogP contribution in [0.3, 0.4) is 0 Å². The van der Waals surface area contributed by atoms with Crippen LogP contribution >= 0.6 is 0 Å². The molecule has 0 aliphatic carbocycles. The molecule has 5 heteroatoms. The summed E-state index contributed by atoms with van der Waals surface area (Å²) in [5.41, 5.74) is 0. The molecule has 0 aromatic carbocycles. The zero-order valence-electron chi connectivity index (χ0n) is 12.3. The van der Waals surface area contributed by atoms with Crippen molar-refractivity contribution < 1.29 is 14.0 Å². The van der Waals surface area contributed by atoms with Crippen LogP contribution in [0, 0.1) is 12.8 Å². The molecule has 2 amide bonds. The van der Waals surface area contributed by atoms with Crippen LogP contribution in [0.1, 0.15) is 43.0 Å². The number of hydrogen-bond donors (Lipinski definition) is 1. The van der Waals surface area contributed by atoms with Gasteiger partial charge in [-0.1, -0.05) is 13.8 Å². The highest BCUT2D eigenvalue weighted by atomic mass is 16.3. The fourth-order valence-electron chi connectivity index (χ4n) is 2.42. The summed E-state index contributed by atoms with van der Waals surface area (Å²) in [6, 6.07) is 3.57. The lowest BCUT2D eigenvalue weighted by molar-refractivity contribution is -0.135. The van der Waals surface area contributed by atoms with Crippen molar-refractivity contribution in [1.29, 1.82) is 0 Å². The Bertz CT molecular complexity index is 485. The van der Waals surface area contributed by atoms with Crippen molar-refractivity contribution in [3.8, 4) is 0 Å². The van der Waals surface area contributed by atoms with Crippen molar-refractivity contribution in [2.75, 3.05) is 13.1 Å². The smallest absolute Gasteiger partial charge is 0.287 e. The van der Waals surface area contributed by atoms with Gasteiger partial charge in [0.2, 0.25) is 5.91 Å².